The fraction of sp³-hybridized carbons (Fsp3) is 0.278. The number of aromatic hydroxyl groups is 1. The summed E-state index contributed by atoms with van der Waals surface area (Å²) >= 11 is 0. The molecular weight excluding hydrogens is 288 g/mol. The molecular formula is C18H20N4O. The van der Waals surface area contributed by atoms with Crippen molar-refractivity contribution in [3.05, 3.63) is 53.3 Å². The van der Waals surface area contributed by atoms with Crippen LogP contribution in [0, 0.1) is 13.8 Å². The van der Waals surface area contributed by atoms with Gasteiger partial charge in [-0.05, 0) is 49.1 Å². The smallest absolute Gasteiger partial charge is 0.183 e. The van der Waals surface area contributed by atoms with Gasteiger partial charge in [0, 0.05) is 6.20 Å². The predicted octanol–water partition coefficient (Wildman–Crippen LogP) is 5.20. The number of benzene rings is 1. The molecule has 1 N–H and O–H groups in total. The number of rotatable bonds is 3. The normalized spacial score (nSPS) is 11.9. The minimum absolute atomic E-state index is 0.141. The van der Waals surface area contributed by atoms with E-state index < -0.39 is 0 Å². The van der Waals surface area contributed by atoms with Gasteiger partial charge in [-0.15, -0.1) is 10.2 Å². The molecule has 0 aliphatic rings. The van der Waals surface area contributed by atoms with Gasteiger partial charge in [0.1, 0.15) is 0 Å². The Balaban J connectivity index is 2.15. The van der Waals surface area contributed by atoms with E-state index >= 15 is 0 Å². The maximum atomic E-state index is 10.0. The average molecular weight is 308 g/mol. The molecule has 0 amide bonds. The number of imidazole rings is 1. The van der Waals surface area contributed by atoms with Crippen LogP contribution in [0.4, 0.5) is 11.5 Å². The Morgan fingerprint density at radius 3 is 2.65 bits per heavy atom. The molecule has 3 aromatic rings. The molecule has 118 valence electrons. The fourth-order valence-electron chi connectivity index (χ4n) is 2.47. The third kappa shape index (κ3) is 2.82. The van der Waals surface area contributed by atoms with Crippen molar-refractivity contribution in [2.45, 2.75) is 33.6 Å². The number of fused-ring (bicyclic) bond motifs is 1. The van der Waals surface area contributed by atoms with Crippen LogP contribution in [0.25, 0.3) is 5.65 Å². The molecule has 0 saturated heterocycles. The third-order valence-electron chi connectivity index (χ3n) is 3.79. The van der Waals surface area contributed by atoms with Gasteiger partial charge >= 0.3 is 0 Å². The van der Waals surface area contributed by atoms with E-state index in [1.165, 1.54) is 0 Å². The van der Waals surface area contributed by atoms with Crippen molar-refractivity contribution in [1.29, 1.82) is 0 Å². The maximum absolute atomic E-state index is 10.0. The number of pyridine rings is 1. The number of nitrogens with zero attached hydrogens (tertiary/aromatic N) is 4. The largest absolute Gasteiger partial charge is 0.504 e. The van der Waals surface area contributed by atoms with Gasteiger partial charge in [0.15, 0.2) is 17.2 Å². The molecule has 0 unspecified atom stereocenters. The summed E-state index contributed by atoms with van der Waals surface area (Å²) in [6.45, 7) is 8.15. The lowest BCUT2D eigenvalue weighted by Crippen LogP contribution is -1.87. The zero-order valence-electron chi connectivity index (χ0n) is 13.8. The van der Waals surface area contributed by atoms with Gasteiger partial charge in [0.2, 0.25) is 0 Å². The molecule has 0 fully saturated rings. The van der Waals surface area contributed by atoms with Crippen LogP contribution in [0.15, 0.2) is 46.8 Å². The van der Waals surface area contributed by atoms with Crippen LogP contribution in [0.2, 0.25) is 0 Å². The van der Waals surface area contributed by atoms with Crippen molar-refractivity contribution in [1.82, 2.24) is 9.38 Å². The first-order valence-corrected chi connectivity index (χ1v) is 7.66. The minimum atomic E-state index is 0.141. The van der Waals surface area contributed by atoms with Crippen LogP contribution in [0.5, 0.6) is 5.75 Å². The Bertz CT molecular complexity index is 893. The molecule has 5 nitrogen and oxygen atoms in total. The molecule has 1 aromatic carbocycles. The van der Waals surface area contributed by atoms with Crippen LogP contribution >= 0.6 is 0 Å². The molecule has 23 heavy (non-hydrogen) atoms. The van der Waals surface area contributed by atoms with E-state index in [0.29, 0.717) is 11.5 Å². The molecule has 0 saturated carbocycles. The van der Waals surface area contributed by atoms with Crippen molar-refractivity contribution in [3.8, 4) is 5.75 Å². The summed E-state index contributed by atoms with van der Waals surface area (Å²) in [6.07, 6.45) is 1.84. The van der Waals surface area contributed by atoms with Crippen molar-refractivity contribution in [2.24, 2.45) is 10.2 Å². The predicted molar refractivity (Wildman–Crippen MR) is 91.0 cm³/mol. The van der Waals surface area contributed by atoms with Gasteiger partial charge < -0.3 is 5.11 Å². The van der Waals surface area contributed by atoms with Crippen molar-refractivity contribution < 1.29 is 5.11 Å². The van der Waals surface area contributed by atoms with Crippen LogP contribution < -0.4 is 0 Å². The van der Waals surface area contributed by atoms with E-state index in [-0.39, 0.29) is 11.7 Å². The van der Waals surface area contributed by atoms with Crippen molar-refractivity contribution >= 4 is 17.2 Å². The second-order valence-corrected chi connectivity index (χ2v) is 6.05. The monoisotopic (exact) mass is 308 g/mol. The van der Waals surface area contributed by atoms with Crippen LogP contribution in [-0.2, 0) is 0 Å². The van der Waals surface area contributed by atoms with Gasteiger partial charge in [0.25, 0.3) is 0 Å². The topological polar surface area (TPSA) is 62.2 Å². The summed E-state index contributed by atoms with van der Waals surface area (Å²) in [5, 5.41) is 18.9. The van der Waals surface area contributed by atoms with E-state index in [1.807, 2.05) is 32.2 Å². The lowest BCUT2D eigenvalue weighted by atomic mass is 10.1. The van der Waals surface area contributed by atoms with Gasteiger partial charge in [-0.2, -0.15) is 0 Å². The first kappa shape index (κ1) is 15.2. The Kier molecular flexibility index (Phi) is 3.86. The lowest BCUT2D eigenvalue weighted by molar-refractivity contribution is 0.477. The molecule has 0 radical (unpaired) electrons. The number of hydrogen-bond donors (Lipinski definition) is 1. The van der Waals surface area contributed by atoms with E-state index in [2.05, 4.69) is 35.1 Å². The maximum Gasteiger partial charge on any atom is 0.183 e. The summed E-state index contributed by atoms with van der Waals surface area (Å²) in [7, 11) is 0. The SMILES string of the molecule is Cc1ccc(C)c(N=Nc2c(C(C)C)nc3c(O)cccn23)c1. The molecule has 0 bridgehead atoms. The van der Waals surface area contributed by atoms with Crippen LogP contribution in [0.3, 0.4) is 0 Å². The van der Waals surface area contributed by atoms with E-state index in [1.54, 1.807) is 16.5 Å². The Morgan fingerprint density at radius 1 is 1.13 bits per heavy atom. The standard InChI is InChI=1S/C18H20N4O/c1-11(2)16-18(22-9-5-6-15(23)17(22)19-16)21-20-14-10-12(3)7-8-13(14)4/h5-11,23H,1-4H3. The summed E-state index contributed by atoms with van der Waals surface area (Å²) in [5.74, 6) is 0.983. The second kappa shape index (κ2) is 5.83. The first-order valence-electron chi connectivity index (χ1n) is 7.66. The van der Waals surface area contributed by atoms with Gasteiger partial charge in [-0.25, -0.2) is 4.98 Å². The van der Waals surface area contributed by atoms with Crippen molar-refractivity contribution in [2.75, 3.05) is 0 Å². The molecule has 0 spiro atoms. The zero-order chi connectivity index (χ0) is 16.6. The van der Waals surface area contributed by atoms with Crippen molar-refractivity contribution in [3.63, 3.8) is 0 Å². The average Bonchev–Trinajstić information content (AvgIpc) is 2.89. The second-order valence-electron chi connectivity index (χ2n) is 6.05. The Hall–Kier alpha value is -2.69. The summed E-state index contributed by atoms with van der Waals surface area (Å²) in [4.78, 5) is 4.52. The van der Waals surface area contributed by atoms with Gasteiger partial charge in [-0.1, -0.05) is 26.0 Å². The minimum Gasteiger partial charge on any atom is -0.504 e. The zero-order valence-corrected chi connectivity index (χ0v) is 13.8. The van der Waals surface area contributed by atoms with E-state index in [0.717, 1.165) is 22.5 Å². The summed E-state index contributed by atoms with van der Waals surface area (Å²) in [5.41, 5.74) is 4.38. The number of aromatic nitrogens is 2. The lowest BCUT2D eigenvalue weighted by Gasteiger charge is -2.03. The summed E-state index contributed by atoms with van der Waals surface area (Å²) < 4.78 is 1.78. The number of hydrogen-bond acceptors (Lipinski definition) is 4. The highest BCUT2D eigenvalue weighted by Crippen LogP contribution is 2.32. The van der Waals surface area contributed by atoms with Gasteiger partial charge in [0.05, 0.1) is 11.4 Å². The molecule has 5 heteroatoms. The summed E-state index contributed by atoms with van der Waals surface area (Å²) in [6, 6.07) is 9.49. The highest BCUT2D eigenvalue weighted by molar-refractivity contribution is 5.61. The molecule has 0 aliphatic carbocycles. The molecule has 0 atom stereocenters. The fourth-order valence-corrected chi connectivity index (χ4v) is 2.47. The molecule has 2 heterocycles. The van der Waals surface area contributed by atoms with Crippen LogP contribution in [0.1, 0.15) is 36.6 Å². The third-order valence-corrected chi connectivity index (χ3v) is 3.79. The van der Waals surface area contributed by atoms with Crippen LogP contribution in [-0.4, -0.2) is 14.5 Å². The molecule has 2 aromatic heterocycles. The Morgan fingerprint density at radius 2 is 1.91 bits per heavy atom. The quantitative estimate of drug-likeness (QED) is 0.676. The highest BCUT2D eigenvalue weighted by atomic mass is 16.3. The van der Waals surface area contributed by atoms with Gasteiger partial charge in [-0.3, -0.25) is 4.40 Å². The molecule has 0 aliphatic heterocycles. The van der Waals surface area contributed by atoms with E-state index in [9.17, 15) is 5.11 Å². The molecule has 3 rings (SSSR count). The number of aryl methyl sites for hydroxylation is 2. The first-order chi connectivity index (χ1) is 11.0. The van der Waals surface area contributed by atoms with E-state index in [4.69, 9.17) is 0 Å². The highest BCUT2D eigenvalue weighted by Gasteiger charge is 2.17. The number of azo groups is 1. The Labute approximate surface area is 135 Å².